The maximum absolute atomic E-state index is 11.5. The third-order valence-electron chi connectivity index (χ3n) is 2.60. The highest BCUT2D eigenvalue weighted by Crippen LogP contribution is 2.07. The van der Waals surface area contributed by atoms with Crippen LogP contribution in [0.3, 0.4) is 0 Å². The molecule has 88 valence electrons. The molecule has 0 spiro atoms. The predicted octanol–water partition coefficient (Wildman–Crippen LogP) is 1.43. The van der Waals surface area contributed by atoms with Crippen molar-refractivity contribution in [1.29, 1.82) is 0 Å². The fourth-order valence-corrected chi connectivity index (χ4v) is 1.53. The molecule has 3 heteroatoms. The van der Waals surface area contributed by atoms with Crippen molar-refractivity contribution in [3.8, 4) is 0 Å². The van der Waals surface area contributed by atoms with Gasteiger partial charge in [-0.3, -0.25) is 4.79 Å². The minimum absolute atomic E-state index is 0.113. The molecule has 1 N–H and O–H groups in total. The third kappa shape index (κ3) is 3.66. The van der Waals surface area contributed by atoms with Crippen LogP contribution in [0.15, 0.2) is 24.3 Å². The molecule has 0 radical (unpaired) electrons. The second-order valence-electron chi connectivity index (χ2n) is 3.95. The number of hydrogen-bond acceptors (Lipinski definition) is 2. The number of amides is 1. The molecule has 0 atom stereocenters. The van der Waals surface area contributed by atoms with Crippen LogP contribution in [0.25, 0.3) is 0 Å². The molecule has 0 bridgehead atoms. The number of aryl methyl sites for hydroxylation is 1. The van der Waals surface area contributed by atoms with Crippen LogP contribution in [0.5, 0.6) is 0 Å². The van der Waals surface area contributed by atoms with Gasteiger partial charge >= 0.3 is 0 Å². The lowest BCUT2D eigenvalue weighted by molar-refractivity contribution is -0.129. The molecule has 0 aromatic heterocycles. The smallest absolute Gasteiger partial charge is 0.236 e. The Bertz CT molecular complexity index is 332. The molecule has 0 saturated heterocycles. The van der Waals surface area contributed by atoms with E-state index in [2.05, 4.69) is 36.5 Å². The van der Waals surface area contributed by atoms with Crippen molar-refractivity contribution in [2.24, 2.45) is 0 Å². The summed E-state index contributed by atoms with van der Waals surface area (Å²) in [4.78, 5) is 13.3. The molecule has 1 amide bonds. The van der Waals surface area contributed by atoms with Crippen LogP contribution in [0.1, 0.15) is 18.1 Å². The van der Waals surface area contributed by atoms with Gasteiger partial charge in [0.25, 0.3) is 0 Å². The second kappa shape index (κ2) is 6.28. The van der Waals surface area contributed by atoms with Gasteiger partial charge in [0.2, 0.25) is 5.91 Å². The van der Waals surface area contributed by atoms with E-state index >= 15 is 0 Å². The number of hydrogen-bond donors (Lipinski definition) is 1. The average molecular weight is 220 g/mol. The summed E-state index contributed by atoms with van der Waals surface area (Å²) in [6.07, 6.45) is 1.05. The highest BCUT2D eigenvalue weighted by molar-refractivity contribution is 5.77. The molecule has 0 aliphatic heterocycles. The average Bonchev–Trinajstić information content (AvgIpc) is 2.30. The highest BCUT2D eigenvalue weighted by atomic mass is 16.2. The number of carbonyl (C=O) groups is 1. The number of likely N-dealkylation sites (N-methyl/N-ethyl adjacent to an activating group) is 2. The first-order valence-corrected chi connectivity index (χ1v) is 5.63. The van der Waals surface area contributed by atoms with Gasteiger partial charge in [-0.05, 0) is 24.6 Å². The van der Waals surface area contributed by atoms with Gasteiger partial charge in [-0.2, -0.15) is 0 Å². The molecule has 1 aromatic rings. The molecule has 1 rings (SSSR count). The molecule has 0 heterocycles. The lowest BCUT2D eigenvalue weighted by atomic mass is 10.1. The van der Waals surface area contributed by atoms with E-state index in [0.717, 1.165) is 6.42 Å². The van der Waals surface area contributed by atoms with Crippen LogP contribution in [0, 0.1) is 0 Å². The Kier molecular flexibility index (Phi) is 4.99. The summed E-state index contributed by atoms with van der Waals surface area (Å²) in [5.41, 5.74) is 2.50. The van der Waals surface area contributed by atoms with Gasteiger partial charge in [0.05, 0.1) is 6.54 Å². The molecule has 3 nitrogen and oxygen atoms in total. The zero-order valence-corrected chi connectivity index (χ0v) is 10.3. The van der Waals surface area contributed by atoms with Crippen molar-refractivity contribution in [1.82, 2.24) is 10.2 Å². The molecular weight excluding hydrogens is 200 g/mol. The van der Waals surface area contributed by atoms with Crippen molar-refractivity contribution in [2.75, 3.05) is 20.6 Å². The molecule has 0 fully saturated rings. The highest BCUT2D eigenvalue weighted by Gasteiger charge is 2.07. The van der Waals surface area contributed by atoms with Crippen molar-refractivity contribution in [3.63, 3.8) is 0 Å². The van der Waals surface area contributed by atoms with Gasteiger partial charge in [-0.15, -0.1) is 0 Å². The Morgan fingerprint density at radius 1 is 1.25 bits per heavy atom. The summed E-state index contributed by atoms with van der Waals surface area (Å²) in [6.45, 7) is 3.20. The minimum atomic E-state index is 0.113. The second-order valence-corrected chi connectivity index (χ2v) is 3.95. The fraction of sp³-hybridized carbons (Fsp3) is 0.462. The summed E-state index contributed by atoms with van der Waals surface area (Å²) in [5, 5.41) is 2.86. The minimum Gasteiger partial charge on any atom is -0.340 e. The van der Waals surface area contributed by atoms with Crippen molar-refractivity contribution >= 4 is 5.91 Å². The van der Waals surface area contributed by atoms with Gasteiger partial charge in [0, 0.05) is 13.6 Å². The summed E-state index contributed by atoms with van der Waals surface area (Å²) in [7, 11) is 3.61. The van der Waals surface area contributed by atoms with E-state index in [0.29, 0.717) is 13.1 Å². The lowest BCUT2D eigenvalue weighted by Crippen LogP contribution is -2.33. The summed E-state index contributed by atoms with van der Waals surface area (Å²) < 4.78 is 0. The fourth-order valence-electron chi connectivity index (χ4n) is 1.53. The molecule has 0 saturated carbocycles. The van der Waals surface area contributed by atoms with Crippen LogP contribution in [-0.2, 0) is 17.8 Å². The molecule has 0 aliphatic carbocycles. The van der Waals surface area contributed by atoms with Crippen LogP contribution in [0.2, 0.25) is 0 Å². The Morgan fingerprint density at radius 2 is 1.81 bits per heavy atom. The van der Waals surface area contributed by atoms with Gasteiger partial charge in [-0.25, -0.2) is 0 Å². The SMILES string of the molecule is CCc1ccc(CN(C)C(=O)CNC)cc1. The first-order chi connectivity index (χ1) is 7.67. The Balaban J connectivity index is 2.55. The van der Waals surface area contributed by atoms with E-state index in [1.165, 1.54) is 11.1 Å². The summed E-state index contributed by atoms with van der Waals surface area (Å²) in [5.74, 6) is 0.113. The van der Waals surface area contributed by atoms with Gasteiger partial charge in [0.15, 0.2) is 0 Å². The topological polar surface area (TPSA) is 32.3 Å². The van der Waals surface area contributed by atoms with Gasteiger partial charge < -0.3 is 10.2 Å². The van der Waals surface area contributed by atoms with Crippen LogP contribution >= 0.6 is 0 Å². The normalized spacial score (nSPS) is 10.2. The van der Waals surface area contributed by atoms with Crippen LogP contribution < -0.4 is 5.32 Å². The summed E-state index contributed by atoms with van der Waals surface area (Å²) >= 11 is 0. The number of carbonyl (C=O) groups excluding carboxylic acids is 1. The number of rotatable bonds is 5. The van der Waals surface area contributed by atoms with Crippen molar-refractivity contribution in [2.45, 2.75) is 19.9 Å². The molecule has 0 unspecified atom stereocenters. The number of nitrogens with zero attached hydrogens (tertiary/aromatic N) is 1. The molecule has 0 aliphatic rings. The van der Waals surface area contributed by atoms with Gasteiger partial charge in [0.1, 0.15) is 0 Å². The molecular formula is C13H20N2O. The molecule has 1 aromatic carbocycles. The van der Waals surface area contributed by atoms with E-state index < -0.39 is 0 Å². The van der Waals surface area contributed by atoms with Crippen molar-refractivity contribution < 1.29 is 4.79 Å². The summed E-state index contributed by atoms with van der Waals surface area (Å²) in [6, 6.07) is 8.40. The number of benzene rings is 1. The number of nitrogens with one attached hydrogen (secondary N) is 1. The Morgan fingerprint density at radius 3 is 2.31 bits per heavy atom. The lowest BCUT2D eigenvalue weighted by Gasteiger charge is -2.17. The van der Waals surface area contributed by atoms with E-state index in [-0.39, 0.29) is 5.91 Å². The quantitative estimate of drug-likeness (QED) is 0.814. The molecule has 16 heavy (non-hydrogen) atoms. The Labute approximate surface area is 97.5 Å². The predicted molar refractivity (Wildman–Crippen MR) is 66.2 cm³/mol. The Hall–Kier alpha value is -1.35. The third-order valence-corrected chi connectivity index (χ3v) is 2.60. The van der Waals surface area contributed by atoms with E-state index in [1.807, 2.05) is 7.05 Å². The zero-order valence-electron chi connectivity index (χ0n) is 10.3. The monoisotopic (exact) mass is 220 g/mol. The van der Waals surface area contributed by atoms with Crippen LogP contribution in [-0.4, -0.2) is 31.4 Å². The van der Waals surface area contributed by atoms with E-state index in [1.54, 1.807) is 11.9 Å². The van der Waals surface area contributed by atoms with Crippen LogP contribution in [0.4, 0.5) is 0 Å². The van der Waals surface area contributed by atoms with E-state index in [4.69, 9.17) is 0 Å². The standard InChI is InChI=1S/C13H20N2O/c1-4-11-5-7-12(8-6-11)10-15(3)13(16)9-14-2/h5-8,14H,4,9-10H2,1-3H3. The maximum Gasteiger partial charge on any atom is 0.236 e. The maximum atomic E-state index is 11.5. The zero-order chi connectivity index (χ0) is 12.0. The first-order valence-electron chi connectivity index (χ1n) is 5.63. The largest absolute Gasteiger partial charge is 0.340 e. The van der Waals surface area contributed by atoms with Crippen molar-refractivity contribution in [3.05, 3.63) is 35.4 Å². The van der Waals surface area contributed by atoms with E-state index in [9.17, 15) is 4.79 Å². The first kappa shape index (κ1) is 12.7. The van der Waals surface area contributed by atoms with Gasteiger partial charge in [-0.1, -0.05) is 31.2 Å².